The lowest BCUT2D eigenvalue weighted by molar-refractivity contribution is 0.307. The Balaban J connectivity index is 2.09. The minimum Gasteiger partial charge on any atom is -0.445 e. The van der Waals surface area contributed by atoms with Crippen molar-refractivity contribution in [3.8, 4) is 23.1 Å². The van der Waals surface area contributed by atoms with Crippen LogP contribution in [0.15, 0.2) is 18.3 Å². The number of hydrogen-bond acceptors (Lipinski definition) is 3. The van der Waals surface area contributed by atoms with Crippen molar-refractivity contribution in [1.29, 1.82) is 0 Å². The van der Waals surface area contributed by atoms with Gasteiger partial charge in [0, 0.05) is 6.20 Å². The molecular weight excluding hydrogens is 440 g/mol. The maximum atomic E-state index is 13.8. The zero-order valence-corrected chi connectivity index (χ0v) is 13.8. The molecule has 0 radical (unpaired) electrons. The van der Waals surface area contributed by atoms with Crippen molar-refractivity contribution in [2.24, 2.45) is 0 Å². The number of rotatable bonds is 4. The molecule has 0 amide bonds. The van der Waals surface area contributed by atoms with E-state index >= 15 is 0 Å². The predicted molar refractivity (Wildman–Crippen MR) is 76.8 cm³/mol. The molecular formula is C17H3F10NO2. The third kappa shape index (κ3) is 3.35. The van der Waals surface area contributed by atoms with Crippen LogP contribution in [-0.2, 0) is 0 Å². The first kappa shape index (κ1) is 21.2. The summed E-state index contributed by atoms with van der Waals surface area (Å²) in [6, 6.07) is 1.72. The normalized spacial score (nSPS) is 11.0. The third-order valence-corrected chi connectivity index (χ3v) is 3.49. The zero-order chi connectivity index (χ0) is 22.3. The number of benzene rings is 2. The van der Waals surface area contributed by atoms with E-state index in [0.29, 0.717) is 0 Å². The maximum Gasteiger partial charge on any atom is 0.263 e. The minimum absolute atomic E-state index is 0.742. The third-order valence-electron chi connectivity index (χ3n) is 3.49. The second-order valence-electron chi connectivity index (χ2n) is 5.31. The van der Waals surface area contributed by atoms with Gasteiger partial charge in [0.2, 0.25) is 69.7 Å². The lowest BCUT2D eigenvalue weighted by Crippen LogP contribution is -2.06. The van der Waals surface area contributed by atoms with Crippen molar-refractivity contribution in [2.75, 3.05) is 0 Å². The van der Waals surface area contributed by atoms with E-state index in [4.69, 9.17) is 0 Å². The van der Waals surface area contributed by atoms with Gasteiger partial charge in [0.15, 0.2) is 5.75 Å². The van der Waals surface area contributed by atoms with E-state index < -0.39 is 81.3 Å². The highest BCUT2D eigenvalue weighted by Crippen LogP contribution is 2.39. The van der Waals surface area contributed by atoms with E-state index in [1.165, 1.54) is 0 Å². The van der Waals surface area contributed by atoms with Crippen LogP contribution in [0.2, 0.25) is 0 Å². The van der Waals surface area contributed by atoms with Crippen LogP contribution in [0.25, 0.3) is 0 Å². The average Bonchev–Trinajstić information content (AvgIpc) is 2.75. The Morgan fingerprint density at radius 2 is 0.867 bits per heavy atom. The van der Waals surface area contributed by atoms with Gasteiger partial charge in [0.1, 0.15) is 0 Å². The second-order valence-corrected chi connectivity index (χ2v) is 5.31. The molecule has 158 valence electrons. The van der Waals surface area contributed by atoms with Crippen LogP contribution in [-0.4, -0.2) is 4.98 Å². The van der Waals surface area contributed by atoms with E-state index in [0.717, 1.165) is 18.3 Å². The van der Waals surface area contributed by atoms with Gasteiger partial charge < -0.3 is 9.47 Å². The van der Waals surface area contributed by atoms with E-state index in [-0.39, 0.29) is 0 Å². The van der Waals surface area contributed by atoms with Crippen molar-refractivity contribution in [3.05, 3.63) is 76.5 Å². The first-order chi connectivity index (χ1) is 14.1. The summed E-state index contributed by atoms with van der Waals surface area (Å²) < 4.78 is 143. The minimum atomic E-state index is -2.49. The molecule has 0 bridgehead atoms. The molecule has 3 nitrogen and oxygen atoms in total. The van der Waals surface area contributed by atoms with Crippen LogP contribution in [0.1, 0.15) is 0 Å². The fourth-order valence-electron chi connectivity index (χ4n) is 2.09. The fourth-order valence-corrected chi connectivity index (χ4v) is 2.09. The van der Waals surface area contributed by atoms with Gasteiger partial charge in [-0.25, -0.2) is 31.3 Å². The molecule has 0 N–H and O–H groups in total. The molecule has 13 heteroatoms. The van der Waals surface area contributed by atoms with Crippen LogP contribution < -0.4 is 9.47 Å². The molecule has 0 unspecified atom stereocenters. The SMILES string of the molecule is Fc1c(F)c(F)c(Oc2cccnc2Oc2c(F)c(F)c(F)c(F)c2F)c(F)c1F. The Bertz CT molecular complexity index is 1020. The quantitative estimate of drug-likeness (QED) is 0.279. The second kappa shape index (κ2) is 7.72. The van der Waals surface area contributed by atoms with Gasteiger partial charge >= 0.3 is 0 Å². The van der Waals surface area contributed by atoms with Crippen molar-refractivity contribution in [2.45, 2.75) is 0 Å². The van der Waals surface area contributed by atoms with Crippen molar-refractivity contribution >= 4 is 0 Å². The van der Waals surface area contributed by atoms with Crippen LogP contribution in [0.4, 0.5) is 43.9 Å². The largest absolute Gasteiger partial charge is 0.445 e. The molecule has 0 saturated carbocycles. The Hall–Kier alpha value is -3.51. The maximum absolute atomic E-state index is 13.8. The summed E-state index contributed by atoms with van der Waals surface area (Å²) >= 11 is 0. The Morgan fingerprint density at radius 3 is 1.30 bits per heavy atom. The highest BCUT2D eigenvalue weighted by atomic mass is 19.2. The van der Waals surface area contributed by atoms with Gasteiger partial charge in [-0.15, -0.1) is 0 Å². The molecule has 30 heavy (non-hydrogen) atoms. The summed E-state index contributed by atoms with van der Waals surface area (Å²) in [5.41, 5.74) is 0. The molecule has 1 aromatic heterocycles. The molecule has 0 aliphatic carbocycles. The lowest BCUT2D eigenvalue weighted by atomic mass is 10.2. The predicted octanol–water partition coefficient (Wildman–Crippen LogP) is 6.06. The summed E-state index contributed by atoms with van der Waals surface area (Å²) in [5.74, 6) is -29.9. The van der Waals surface area contributed by atoms with Gasteiger partial charge in [0.05, 0.1) is 0 Å². The van der Waals surface area contributed by atoms with Gasteiger partial charge in [-0.1, -0.05) is 0 Å². The van der Waals surface area contributed by atoms with Crippen LogP contribution in [0.3, 0.4) is 0 Å². The summed E-state index contributed by atoms with van der Waals surface area (Å²) in [6.07, 6.45) is 0.840. The number of nitrogens with zero attached hydrogens (tertiary/aromatic N) is 1. The number of aromatic nitrogens is 1. The van der Waals surface area contributed by atoms with Crippen molar-refractivity contribution in [1.82, 2.24) is 4.98 Å². The Kier molecular flexibility index (Phi) is 5.46. The highest BCUT2D eigenvalue weighted by molar-refractivity contribution is 5.42. The van der Waals surface area contributed by atoms with E-state index in [1.54, 1.807) is 0 Å². The molecule has 0 aliphatic rings. The molecule has 0 fully saturated rings. The Morgan fingerprint density at radius 1 is 0.500 bits per heavy atom. The van der Waals surface area contributed by atoms with Crippen LogP contribution >= 0.6 is 0 Å². The van der Waals surface area contributed by atoms with Crippen molar-refractivity contribution < 1.29 is 53.4 Å². The lowest BCUT2D eigenvalue weighted by Gasteiger charge is -2.14. The summed E-state index contributed by atoms with van der Waals surface area (Å²) in [5, 5.41) is 0. The van der Waals surface area contributed by atoms with Gasteiger partial charge in [-0.3, -0.25) is 0 Å². The van der Waals surface area contributed by atoms with E-state index in [2.05, 4.69) is 14.5 Å². The molecule has 2 aromatic carbocycles. The van der Waals surface area contributed by atoms with E-state index in [1.807, 2.05) is 0 Å². The number of hydrogen-bond donors (Lipinski definition) is 0. The molecule has 0 saturated heterocycles. The number of ether oxygens (including phenoxy) is 2. The smallest absolute Gasteiger partial charge is 0.263 e. The van der Waals surface area contributed by atoms with E-state index in [9.17, 15) is 43.9 Å². The zero-order valence-electron chi connectivity index (χ0n) is 13.8. The molecule has 0 atom stereocenters. The molecule has 3 rings (SSSR count). The molecule has 1 heterocycles. The number of halogens is 10. The van der Waals surface area contributed by atoms with Gasteiger partial charge in [0.25, 0.3) is 5.88 Å². The number of pyridine rings is 1. The van der Waals surface area contributed by atoms with Crippen molar-refractivity contribution in [3.63, 3.8) is 0 Å². The molecule has 0 spiro atoms. The van der Waals surface area contributed by atoms with Gasteiger partial charge in [-0.2, -0.15) is 17.6 Å². The van der Waals surface area contributed by atoms with Gasteiger partial charge in [-0.05, 0) is 12.1 Å². The highest BCUT2D eigenvalue weighted by Gasteiger charge is 2.30. The summed E-state index contributed by atoms with van der Waals surface area (Å²) in [4.78, 5) is 3.33. The van der Waals surface area contributed by atoms with Crippen LogP contribution in [0, 0.1) is 58.2 Å². The molecule has 3 aromatic rings. The first-order valence-corrected chi connectivity index (χ1v) is 7.39. The standard InChI is InChI=1S/C17H3F10NO2/c18-5-7(20)11(24)15(12(25)8(5)21)29-4-2-1-3-28-17(4)30-16-13(26)9(22)6(19)10(23)14(16)27/h1-3H. The summed E-state index contributed by atoms with van der Waals surface area (Å²) in [7, 11) is 0. The Labute approximate surface area is 159 Å². The summed E-state index contributed by atoms with van der Waals surface area (Å²) in [6.45, 7) is 0. The fraction of sp³-hybridized carbons (Fsp3) is 0. The molecule has 0 aliphatic heterocycles. The topological polar surface area (TPSA) is 31.4 Å². The average molecular weight is 443 g/mol. The monoisotopic (exact) mass is 443 g/mol. The van der Waals surface area contributed by atoms with Crippen LogP contribution in [0.5, 0.6) is 23.1 Å². The first-order valence-electron chi connectivity index (χ1n) is 7.39.